The molecule has 0 amide bonds. The normalized spacial score (nSPS) is 60.6. The first kappa shape index (κ1) is 16.1. The Balaban J connectivity index is 1.39. The van der Waals surface area contributed by atoms with Gasteiger partial charge in [0.1, 0.15) is 11.6 Å². The van der Waals surface area contributed by atoms with Crippen molar-refractivity contribution < 1.29 is 14.0 Å². The lowest BCUT2D eigenvalue weighted by atomic mass is 9.78. The molecule has 6 fully saturated rings. The first-order valence-corrected chi connectivity index (χ1v) is 14.0. The van der Waals surface area contributed by atoms with Gasteiger partial charge in [0.2, 0.25) is 0 Å². The molecule has 6 saturated carbocycles. The maximum Gasteiger partial charge on any atom is 0.192 e. The first-order valence-electron chi connectivity index (χ1n) is 11.1. The molecule has 0 saturated heterocycles. The fourth-order valence-corrected chi connectivity index (χ4v) is 10.8. The zero-order valence-electron chi connectivity index (χ0n) is 16.9. The van der Waals surface area contributed by atoms with Gasteiger partial charge in [0.15, 0.2) is 8.32 Å². The Morgan fingerprint density at radius 1 is 0.741 bits per heavy atom. The van der Waals surface area contributed by atoms with Crippen LogP contribution in [-0.4, -0.2) is 26.0 Å². The third-order valence-electron chi connectivity index (χ3n) is 10.9. The molecule has 7 aliphatic carbocycles. The maximum atomic E-state index is 13.7. The Labute approximate surface area is 162 Å². The van der Waals surface area contributed by atoms with Gasteiger partial charge in [0.05, 0.1) is 6.10 Å². The molecule has 0 aromatic rings. The number of fused-ring (bicyclic) bond motifs is 2. The van der Waals surface area contributed by atoms with Crippen molar-refractivity contribution in [2.24, 2.45) is 71.0 Å². The van der Waals surface area contributed by atoms with E-state index < -0.39 is 8.32 Å². The van der Waals surface area contributed by atoms with Crippen LogP contribution in [0, 0.1) is 71.0 Å². The predicted molar refractivity (Wildman–Crippen MR) is 103 cm³/mol. The van der Waals surface area contributed by atoms with Gasteiger partial charge < -0.3 is 4.43 Å². The van der Waals surface area contributed by atoms with E-state index in [1.54, 1.807) is 0 Å². The molecule has 144 valence electrons. The van der Waals surface area contributed by atoms with E-state index in [9.17, 15) is 9.59 Å². The summed E-state index contributed by atoms with van der Waals surface area (Å²) in [4.78, 5) is 27.4. The molecule has 10 unspecified atom stereocenters. The summed E-state index contributed by atoms with van der Waals surface area (Å²) in [6, 6.07) is 0. The Bertz CT molecular complexity index is 785. The largest absolute Gasteiger partial charge is 0.412 e. The average molecular weight is 383 g/mol. The zero-order chi connectivity index (χ0) is 18.8. The third-order valence-corrected chi connectivity index (χ3v) is 15.3. The molecule has 0 spiro atoms. The number of rotatable bonds is 2. The zero-order valence-corrected chi connectivity index (χ0v) is 17.9. The Morgan fingerprint density at radius 2 is 1.19 bits per heavy atom. The summed E-state index contributed by atoms with van der Waals surface area (Å²) < 4.78 is 6.94. The van der Waals surface area contributed by atoms with Gasteiger partial charge in [-0.25, -0.2) is 0 Å². The van der Waals surface area contributed by atoms with E-state index >= 15 is 0 Å². The van der Waals surface area contributed by atoms with Crippen LogP contribution in [0.5, 0.6) is 0 Å². The second kappa shape index (κ2) is 4.23. The molecular weight excluding hydrogens is 352 g/mol. The summed E-state index contributed by atoms with van der Waals surface area (Å²) in [5.74, 6) is 5.76. The number of carbonyl (C=O) groups excluding carboxylic acids is 2. The Hall–Kier alpha value is -0.743. The summed E-state index contributed by atoms with van der Waals surface area (Å²) in [7, 11) is -2.02. The second-order valence-corrected chi connectivity index (χ2v) is 17.0. The molecule has 7 rings (SSSR count). The minimum absolute atomic E-state index is 0.0213. The summed E-state index contributed by atoms with van der Waals surface area (Å²) in [6.07, 6.45) is 4.57. The highest BCUT2D eigenvalue weighted by Crippen LogP contribution is 2.82. The summed E-state index contributed by atoms with van der Waals surface area (Å²) >= 11 is 0. The van der Waals surface area contributed by atoms with Crippen LogP contribution in [0.25, 0.3) is 0 Å². The molecule has 7 aliphatic rings. The summed E-state index contributed by atoms with van der Waals surface area (Å²) in [5, 5.41) is 0.105. The minimum atomic E-state index is -2.02. The van der Waals surface area contributed by atoms with Crippen molar-refractivity contribution in [3.05, 3.63) is 12.2 Å². The van der Waals surface area contributed by atoms with Crippen molar-refractivity contribution >= 4 is 19.9 Å². The van der Waals surface area contributed by atoms with E-state index in [0.717, 1.165) is 0 Å². The highest BCUT2D eigenvalue weighted by molar-refractivity contribution is 6.74. The van der Waals surface area contributed by atoms with Crippen LogP contribution in [0.1, 0.15) is 20.8 Å². The van der Waals surface area contributed by atoms with Gasteiger partial charge in [-0.05, 0) is 65.5 Å². The fraction of sp³-hybridized carbons (Fsp3) is 0.826. The minimum Gasteiger partial charge on any atom is -0.412 e. The van der Waals surface area contributed by atoms with Gasteiger partial charge in [-0.15, -0.1) is 0 Å². The highest BCUT2D eigenvalue weighted by atomic mass is 28.4. The number of hydrogen-bond donors (Lipinski definition) is 0. The van der Waals surface area contributed by atoms with Crippen LogP contribution in [0.2, 0.25) is 18.1 Å². The van der Waals surface area contributed by atoms with Crippen LogP contribution >= 0.6 is 0 Å². The van der Waals surface area contributed by atoms with Gasteiger partial charge in [-0.1, -0.05) is 32.9 Å². The third kappa shape index (κ3) is 1.42. The molecule has 0 aromatic heterocycles. The lowest BCUT2D eigenvalue weighted by molar-refractivity contribution is -0.132. The SMILES string of the molecule is CC(C)(C)[Si](C)(C)OC1C2C(=O)C3C4C=CC5C6C(=O)C1C1C2C3C(C45)C61. The Morgan fingerprint density at radius 3 is 1.63 bits per heavy atom. The van der Waals surface area contributed by atoms with Gasteiger partial charge in [0.25, 0.3) is 0 Å². The number of allylic oxidation sites excluding steroid dienone is 2. The van der Waals surface area contributed by atoms with Crippen molar-refractivity contribution in [2.45, 2.75) is 45.0 Å². The Kier molecular flexibility index (Phi) is 2.52. The van der Waals surface area contributed by atoms with Gasteiger partial charge in [0, 0.05) is 23.7 Å². The van der Waals surface area contributed by atoms with Crippen molar-refractivity contribution in [2.75, 3.05) is 0 Å². The maximum absolute atomic E-state index is 13.7. The molecule has 0 bridgehead atoms. The van der Waals surface area contributed by atoms with E-state index in [0.29, 0.717) is 58.9 Å². The van der Waals surface area contributed by atoms with Gasteiger partial charge >= 0.3 is 0 Å². The summed E-state index contributed by atoms with van der Waals surface area (Å²) in [5.41, 5.74) is 0. The topological polar surface area (TPSA) is 43.4 Å². The molecule has 0 N–H and O–H groups in total. The van der Waals surface area contributed by atoms with Crippen molar-refractivity contribution in [1.29, 1.82) is 0 Å². The molecule has 4 heteroatoms. The lowest BCUT2D eigenvalue weighted by Crippen LogP contribution is -2.49. The van der Waals surface area contributed by atoms with Gasteiger partial charge in [-0.3, -0.25) is 9.59 Å². The molecule has 3 nitrogen and oxygen atoms in total. The van der Waals surface area contributed by atoms with Gasteiger partial charge in [-0.2, -0.15) is 0 Å². The quantitative estimate of drug-likeness (QED) is 0.542. The van der Waals surface area contributed by atoms with Crippen LogP contribution in [0.4, 0.5) is 0 Å². The van der Waals surface area contributed by atoms with E-state index in [1.807, 2.05) is 0 Å². The number of hydrogen-bond acceptors (Lipinski definition) is 3. The molecule has 0 heterocycles. The van der Waals surface area contributed by atoms with Crippen molar-refractivity contribution in [3.63, 3.8) is 0 Å². The van der Waals surface area contributed by atoms with Crippen LogP contribution < -0.4 is 0 Å². The first-order chi connectivity index (χ1) is 12.6. The number of ketones is 2. The molecule has 0 aliphatic heterocycles. The monoisotopic (exact) mass is 382 g/mol. The molecule has 0 aromatic carbocycles. The highest BCUT2D eigenvalue weighted by Gasteiger charge is 2.85. The lowest BCUT2D eigenvalue weighted by Gasteiger charge is -2.41. The molecule has 10 atom stereocenters. The van der Waals surface area contributed by atoms with Crippen molar-refractivity contribution in [1.82, 2.24) is 0 Å². The van der Waals surface area contributed by atoms with E-state index in [-0.39, 0.29) is 34.8 Å². The fourth-order valence-electron chi connectivity index (χ4n) is 9.46. The smallest absolute Gasteiger partial charge is 0.192 e. The van der Waals surface area contributed by atoms with Crippen molar-refractivity contribution in [3.8, 4) is 0 Å². The van der Waals surface area contributed by atoms with Crippen LogP contribution in [0.3, 0.4) is 0 Å². The molecule has 0 radical (unpaired) electrons. The predicted octanol–water partition coefficient (Wildman–Crippen LogP) is 3.56. The van der Waals surface area contributed by atoms with E-state index in [1.165, 1.54) is 0 Å². The number of carbonyl (C=O) groups is 2. The van der Waals surface area contributed by atoms with Crippen LogP contribution in [0.15, 0.2) is 12.2 Å². The second-order valence-electron chi connectivity index (χ2n) is 12.3. The average Bonchev–Trinajstić information content (AvgIpc) is 3.29. The van der Waals surface area contributed by atoms with Crippen LogP contribution in [-0.2, 0) is 14.0 Å². The van der Waals surface area contributed by atoms with E-state index in [2.05, 4.69) is 46.0 Å². The molecule has 27 heavy (non-hydrogen) atoms. The van der Waals surface area contributed by atoms with E-state index in [4.69, 9.17) is 4.43 Å². The standard InChI is InChI=1S/C23H30O3Si/c1-23(2,3)27(4,5)26-22-18-16-14-11(20(18)24)8-6-7-9-10(8)13(14)15-12(9)21(25)19(22)17(15)16/h6-19,22H,1-5H3. The molecular formula is C23H30O3Si. The number of Topliss-reactive ketones (excluding diaryl/α,β-unsaturated/α-hetero) is 2. The summed E-state index contributed by atoms with van der Waals surface area (Å²) in [6.45, 7) is 11.3.